The molecular weight excluding hydrogens is 236 g/mol. The average Bonchev–Trinajstić information content (AvgIpc) is 2.84. The molecule has 88 valence electrons. The van der Waals surface area contributed by atoms with Gasteiger partial charge in [0.15, 0.2) is 5.17 Å². The molecule has 1 aromatic rings. The minimum absolute atomic E-state index is 0.192. The van der Waals surface area contributed by atoms with Crippen molar-refractivity contribution < 1.29 is 0 Å². The maximum atomic E-state index is 4.81. The van der Waals surface area contributed by atoms with Crippen molar-refractivity contribution in [2.24, 2.45) is 4.99 Å². The minimum Gasteiger partial charge on any atom is -0.359 e. The molecule has 2 nitrogen and oxygen atoms in total. The van der Waals surface area contributed by atoms with Crippen LogP contribution in [0.4, 0.5) is 0 Å². The number of nitrogens with one attached hydrogen (secondary N) is 1. The highest BCUT2D eigenvalue weighted by Crippen LogP contribution is 2.29. The van der Waals surface area contributed by atoms with Crippen molar-refractivity contribution >= 4 is 28.3 Å². The highest BCUT2D eigenvalue weighted by atomic mass is 32.2. The average molecular weight is 254 g/mol. The summed E-state index contributed by atoms with van der Waals surface area (Å²) in [5, 5.41) is 6.70. The normalized spacial score (nSPS) is 23.3. The first kappa shape index (κ1) is 12.0. The maximum absolute atomic E-state index is 4.81. The van der Waals surface area contributed by atoms with Gasteiger partial charge in [-0.05, 0) is 31.7 Å². The molecule has 1 fully saturated rings. The van der Waals surface area contributed by atoms with Gasteiger partial charge in [-0.3, -0.25) is 4.99 Å². The summed E-state index contributed by atoms with van der Waals surface area (Å²) >= 11 is 3.63. The zero-order valence-electron chi connectivity index (χ0n) is 9.99. The van der Waals surface area contributed by atoms with Gasteiger partial charge in [0.25, 0.3) is 0 Å². The van der Waals surface area contributed by atoms with Gasteiger partial charge in [-0.15, -0.1) is 11.3 Å². The lowest BCUT2D eigenvalue weighted by atomic mass is 10.1. The van der Waals surface area contributed by atoms with Crippen LogP contribution in [-0.4, -0.2) is 16.5 Å². The number of nitrogens with zero attached hydrogens (tertiary/aromatic N) is 1. The third-order valence-electron chi connectivity index (χ3n) is 2.55. The van der Waals surface area contributed by atoms with Crippen LogP contribution in [0.15, 0.2) is 22.5 Å². The molecule has 0 radical (unpaired) electrons. The van der Waals surface area contributed by atoms with Crippen molar-refractivity contribution in [1.82, 2.24) is 5.32 Å². The van der Waals surface area contributed by atoms with Crippen molar-refractivity contribution in [2.75, 3.05) is 5.75 Å². The highest BCUT2D eigenvalue weighted by molar-refractivity contribution is 8.14. The summed E-state index contributed by atoms with van der Waals surface area (Å²) in [5.74, 6) is 1.10. The van der Waals surface area contributed by atoms with E-state index in [4.69, 9.17) is 4.99 Å². The molecule has 1 saturated heterocycles. The summed E-state index contributed by atoms with van der Waals surface area (Å²) in [7, 11) is 0. The smallest absolute Gasteiger partial charge is 0.157 e. The Bertz CT molecular complexity index is 368. The van der Waals surface area contributed by atoms with Crippen molar-refractivity contribution in [3.05, 3.63) is 22.4 Å². The van der Waals surface area contributed by atoms with Crippen LogP contribution in [-0.2, 0) is 0 Å². The number of hydrogen-bond acceptors (Lipinski definition) is 3. The highest BCUT2D eigenvalue weighted by Gasteiger charge is 2.28. The molecule has 0 aromatic carbocycles. The van der Waals surface area contributed by atoms with E-state index >= 15 is 0 Å². The van der Waals surface area contributed by atoms with Gasteiger partial charge in [0.05, 0.1) is 6.04 Å². The van der Waals surface area contributed by atoms with E-state index in [2.05, 4.69) is 43.6 Å². The van der Waals surface area contributed by atoms with Gasteiger partial charge >= 0.3 is 0 Å². The van der Waals surface area contributed by atoms with Crippen molar-refractivity contribution in [3.63, 3.8) is 0 Å². The Morgan fingerprint density at radius 1 is 1.56 bits per heavy atom. The Balaban J connectivity index is 2.10. The molecule has 1 aliphatic rings. The Morgan fingerprint density at radius 3 is 2.88 bits per heavy atom. The fourth-order valence-corrected chi connectivity index (χ4v) is 3.63. The van der Waals surface area contributed by atoms with Crippen LogP contribution in [0.25, 0.3) is 0 Å². The standard InChI is InChI=1S/C12H18N2S2/c1-4-9(10-6-5-7-15-10)13-11-14-12(2,3)8-16-11/h5-7,9H,4,8H2,1-3H3,(H,13,14). The van der Waals surface area contributed by atoms with E-state index in [0.717, 1.165) is 17.3 Å². The zero-order chi connectivity index (χ0) is 11.6. The van der Waals surface area contributed by atoms with E-state index in [1.165, 1.54) is 4.88 Å². The summed E-state index contributed by atoms with van der Waals surface area (Å²) in [6.45, 7) is 6.63. The lowest BCUT2D eigenvalue weighted by Crippen LogP contribution is -2.37. The van der Waals surface area contributed by atoms with E-state index in [1.807, 2.05) is 11.8 Å². The Morgan fingerprint density at radius 2 is 2.38 bits per heavy atom. The first-order valence-electron chi connectivity index (χ1n) is 5.63. The molecule has 0 bridgehead atoms. The van der Waals surface area contributed by atoms with Crippen LogP contribution in [0.5, 0.6) is 0 Å². The summed E-state index contributed by atoms with van der Waals surface area (Å²) in [5.41, 5.74) is 0.192. The third-order valence-corrected chi connectivity index (χ3v) is 4.87. The molecule has 2 heterocycles. The van der Waals surface area contributed by atoms with Crippen LogP contribution in [0.2, 0.25) is 0 Å². The summed E-state index contributed by atoms with van der Waals surface area (Å²) in [6.07, 6.45) is 1.06. The SMILES string of the molecule is CCC(N=C1NC(C)(C)CS1)c1cccs1. The van der Waals surface area contributed by atoms with E-state index in [9.17, 15) is 0 Å². The van der Waals surface area contributed by atoms with Gasteiger partial charge in [0.1, 0.15) is 0 Å². The fraction of sp³-hybridized carbons (Fsp3) is 0.583. The molecular formula is C12H18N2S2. The number of rotatable bonds is 3. The second-order valence-electron chi connectivity index (χ2n) is 4.67. The van der Waals surface area contributed by atoms with Gasteiger partial charge in [-0.2, -0.15) is 0 Å². The first-order chi connectivity index (χ1) is 7.61. The number of amidine groups is 1. The monoisotopic (exact) mass is 254 g/mol. The number of thioether (sulfide) groups is 1. The van der Waals surface area contributed by atoms with E-state index in [-0.39, 0.29) is 5.54 Å². The molecule has 1 N–H and O–H groups in total. The van der Waals surface area contributed by atoms with Gasteiger partial charge < -0.3 is 5.32 Å². The summed E-state index contributed by atoms with van der Waals surface area (Å²) in [6, 6.07) is 4.60. The molecule has 1 aromatic heterocycles. The van der Waals surface area contributed by atoms with Crippen LogP contribution in [0.3, 0.4) is 0 Å². The van der Waals surface area contributed by atoms with E-state index in [0.29, 0.717) is 6.04 Å². The summed E-state index contributed by atoms with van der Waals surface area (Å²) < 4.78 is 0. The van der Waals surface area contributed by atoms with Crippen LogP contribution in [0, 0.1) is 0 Å². The largest absolute Gasteiger partial charge is 0.359 e. The van der Waals surface area contributed by atoms with Gasteiger partial charge in [-0.1, -0.05) is 24.8 Å². The lowest BCUT2D eigenvalue weighted by molar-refractivity contribution is 0.534. The zero-order valence-corrected chi connectivity index (χ0v) is 11.6. The van der Waals surface area contributed by atoms with Crippen molar-refractivity contribution in [1.29, 1.82) is 0 Å². The molecule has 0 spiro atoms. The molecule has 1 unspecified atom stereocenters. The molecule has 0 saturated carbocycles. The molecule has 1 aliphatic heterocycles. The number of thiophene rings is 1. The summed E-state index contributed by atoms with van der Waals surface area (Å²) in [4.78, 5) is 6.17. The van der Waals surface area contributed by atoms with Crippen LogP contribution in [0.1, 0.15) is 38.1 Å². The van der Waals surface area contributed by atoms with Crippen molar-refractivity contribution in [2.45, 2.75) is 38.8 Å². The molecule has 1 atom stereocenters. The minimum atomic E-state index is 0.192. The predicted molar refractivity (Wildman–Crippen MR) is 74.5 cm³/mol. The van der Waals surface area contributed by atoms with E-state index < -0.39 is 0 Å². The maximum Gasteiger partial charge on any atom is 0.157 e. The lowest BCUT2D eigenvalue weighted by Gasteiger charge is -2.16. The van der Waals surface area contributed by atoms with E-state index in [1.54, 1.807) is 11.3 Å². The number of aliphatic imine (C=N–C) groups is 1. The molecule has 16 heavy (non-hydrogen) atoms. The van der Waals surface area contributed by atoms with Crippen LogP contribution < -0.4 is 5.32 Å². The topological polar surface area (TPSA) is 24.4 Å². The van der Waals surface area contributed by atoms with Crippen LogP contribution >= 0.6 is 23.1 Å². The Hall–Kier alpha value is -0.480. The van der Waals surface area contributed by atoms with Gasteiger partial charge in [0.2, 0.25) is 0 Å². The fourth-order valence-electron chi connectivity index (χ4n) is 1.66. The Labute approximate surface area is 106 Å². The quantitative estimate of drug-likeness (QED) is 0.890. The van der Waals surface area contributed by atoms with Gasteiger partial charge in [-0.25, -0.2) is 0 Å². The predicted octanol–water partition coefficient (Wildman–Crippen LogP) is 3.67. The second-order valence-corrected chi connectivity index (χ2v) is 6.61. The van der Waals surface area contributed by atoms with Crippen molar-refractivity contribution in [3.8, 4) is 0 Å². The molecule has 0 amide bonds. The number of hydrogen-bond donors (Lipinski definition) is 1. The molecule has 4 heteroatoms. The first-order valence-corrected chi connectivity index (χ1v) is 7.49. The second kappa shape index (κ2) is 4.80. The van der Waals surface area contributed by atoms with Gasteiger partial charge in [0, 0.05) is 16.2 Å². The Kier molecular flexibility index (Phi) is 3.60. The molecule has 0 aliphatic carbocycles. The molecule has 2 rings (SSSR count). The third kappa shape index (κ3) is 2.80.